The van der Waals surface area contributed by atoms with Crippen LogP contribution in [0.2, 0.25) is 0 Å². The molecule has 31 heavy (non-hydrogen) atoms. The average Bonchev–Trinajstić information content (AvgIpc) is 2.81. The molecule has 0 bridgehead atoms. The number of nitrogens with one attached hydrogen (secondary N) is 1. The number of rotatable bonds is 5. The van der Waals surface area contributed by atoms with Crippen LogP contribution in [0.1, 0.15) is 11.6 Å². The van der Waals surface area contributed by atoms with Crippen molar-refractivity contribution in [2.75, 3.05) is 63.9 Å². The standard InChI is InChI=1S/C23H29FN4O3/c24-19-6-4-18(5-7-19)22(27-12-14-31-15-13-27)17-25-23(30)28-10-8-26(9-11-28)20-2-1-3-21(29)16-20/h1-7,16,22,29H,8-15,17H2,(H,25,30). The van der Waals surface area contributed by atoms with Crippen LogP contribution < -0.4 is 10.2 Å². The molecule has 0 spiro atoms. The van der Waals surface area contributed by atoms with Gasteiger partial charge in [0, 0.05) is 57.6 Å². The van der Waals surface area contributed by atoms with Crippen molar-refractivity contribution in [3.63, 3.8) is 0 Å². The van der Waals surface area contributed by atoms with Crippen LogP contribution in [0.25, 0.3) is 0 Å². The summed E-state index contributed by atoms with van der Waals surface area (Å²) >= 11 is 0. The Balaban J connectivity index is 1.34. The van der Waals surface area contributed by atoms with Crippen molar-refractivity contribution in [1.29, 1.82) is 0 Å². The number of urea groups is 1. The molecular weight excluding hydrogens is 399 g/mol. The second kappa shape index (κ2) is 9.98. The predicted molar refractivity (Wildman–Crippen MR) is 117 cm³/mol. The molecule has 7 nitrogen and oxygen atoms in total. The number of hydrogen-bond donors (Lipinski definition) is 2. The molecule has 2 aromatic carbocycles. The molecular formula is C23H29FN4O3. The van der Waals surface area contributed by atoms with E-state index in [0.717, 1.165) is 24.3 Å². The normalized spacial score (nSPS) is 18.6. The van der Waals surface area contributed by atoms with Crippen molar-refractivity contribution in [2.45, 2.75) is 6.04 Å². The van der Waals surface area contributed by atoms with E-state index in [1.807, 2.05) is 17.0 Å². The van der Waals surface area contributed by atoms with E-state index in [1.165, 1.54) is 12.1 Å². The van der Waals surface area contributed by atoms with Crippen molar-refractivity contribution < 1.29 is 19.0 Å². The third-order valence-electron chi connectivity index (χ3n) is 5.95. The van der Waals surface area contributed by atoms with Gasteiger partial charge in [-0.2, -0.15) is 0 Å². The molecule has 1 unspecified atom stereocenters. The Morgan fingerprint density at radius 3 is 2.42 bits per heavy atom. The number of morpholine rings is 1. The highest BCUT2D eigenvalue weighted by Crippen LogP contribution is 2.23. The van der Waals surface area contributed by atoms with Gasteiger partial charge in [0.1, 0.15) is 11.6 Å². The Morgan fingerprint density at radius 2 is 1.74 bits per heavy atom. The first-order valence-corrected chi connectivity index (χ1v) is 10.7. The minimum absolute atomic E-state index is 0.0259. The second-order valence-corrected chi connectivity index (χ2v) is 7.90. The molecule has 0 radical (unpaired) electrons. The first-order valence-electron chi connectivity index (χ1n) is 10.7. The molecule has 2 saturated heterocycles. The summed E-state index contributed by atoms with van der Waals surface area (Å²) in [7, 11) is 0. The van der Waals surface area contributed by atoms with Gasteiger partial charge in [0.05, 0.1) is 19.3 Å². The van der Waals surface area contributed by atoms with E-state index in [9.17, 15) is 14.3 Å². The van der Waals surface area contributed by atoms with Crippen LogP contribution in [0.15, 0.2) is 48.5 Å². The SMILES string of the molecule is O=C(NCC(c1ccc(F)cc1)N1CCOCC1)N1CCN(c2cccc(O)c2)CC1. The van der Waals surface area contributed by atoms with Crippen molar-refractivity contribution in [2.24, 2.45) is 0 Å². The third-order valence-corrected chi connectivity index (χ3v) is 5.95. The first-order chi connectivity index (χ1) is 15.1. The number of phenolic OH excluding ortho intramolecular Hbond substituents is 1. The van der Waals surface area contributed by atoms with E-state index in [4.69, 9.17) is 4.74 Å². The fraction of sp³-hybridized carbons (Fsp3) is 0.435. The lowest BCUT2D eigenvalue weighted by atomic mass is 10.0. The van der Waals surface area contributed by atoms with Crippen molar-refractivity contribution >= 4 is 11.7 Å². The molecule has 2 N–H and O–H groups in total. The van der Waals surface area contributed by atoms with Gasteiger partial charge in [-0.3, -0.25) is 4.90 Å². The van der Waals surface area contributed by atoms with Crippen LogP contribution in [0.5, 0.6) is 5.75 Å². The van der Waals surface area contributed by atoms with Crippen LogP contribution in [0, 0.1) is 5.82 Å². The van der Waals surface area contributed by atoms with Gasteiger partial charge in [0.15, 0.2) is 0 Å². The summed E-state index contributed by atoms with van der Waals surface area (Å²) in [6.07, 6.45) is 0. The number of piperazine rings is 1. The fourth-order valence-corrected chi connectivity index (χ4v) is 4.19. The molecule has 2 aliphatic rings. The molecule has 2 aliphatic heterocycles. The van der Waals surface area contributed by atoms with E-state index < -0.39 is 0 Å². The molecule has 4 rings (SSSR count). The summed E-state index contributed by atoms with van der Waals surface area (Å²) in [5.74, 6) is -0.0225. The van der Waals surface area contributed by atoms with Crippen LogP contribution in [-0.4, -0.2) is 80.0 Å². The van der Waals surface area contributed by atoms with E-state index in [1.54, 1.807) is 24.3 Å². The average molecular weight is 429 g/mol. The number of amides is 2. The summed E-state index contributed by atoms with van der Waals surface area (Å²) < 4.78 is 18.9. The maximum atomic E-state index is 13.4. The van der Waals surface area contributed by atoms with Gasteiger partial charge in [-0.05, 0) is 29.8 Å². The summed E-state index contributed by atoms with van der Waals surface area (Å²) in [6.45, 7) is 5.97. The number of ether oxygens (including phenoxy) is 1. The van der Waals surface area contributed by atoms with Gasteiger partial charge >= 0.3 is 6.03 Å². The monoisotopic (exact) mass is 428 g/mol. The molecule has 0 aliphatic carbocycles. The van der Waals surface area contributed by atoms with Gasteiger partial charge in [0.25, 0.3) is 0 Å². The molecule has 0 saturated carbocycles. The summed E-state index contributed by atoms with van der Waals surface area (Å²) in [6, 6.07) is 13.6. The molecule has 2 heterocycles. The molecule has 166 valence electrons. The first kappa shape index (κ1) is 21.4. The zero-order valence-corrected chi connectivity index (χ0v) is 17.5. The zero-order valence-electron chi connectivity index (χ0n) is 17.5. The quantitative estimate of drug-likeness (QED) is 0.766. The lowest BCUT2D eigenvalue weighted by Gasteiger charge is -2.37. The van der Waals surface area contributed by atoms with Crippen LogP contribution in [0.4, 0.5) is 14.9 Å². The maximum Gasteiger partial charge on any atom is 0.317 e. The highest BCUT2D eigenvalue weighted by atomic mass is 19.1. The van der Waals surface area contributed by atoms with Gasteiger partial charge in [-0.25, -0.2) is 9.18 Å². The Labute approximate surface area is 182 Å². The summed E-state index contributed by atoms with van der Waals surface area (Å²) in [5.41, 5.74) is 1.95. The van der Waals surface area contributed by atoms with Crippen LogP contribution in [-0.2, 0) is 4.74 Å². The summed E-state index contributed by atoms with van der Waals surface area (Å²) in [5, 5.41) is 12.8. The van der Waals surface area contributed by atoms with Crippen molar-refractivity contribution in [3.8, 4) is 5.75 Å². The number of carbonyl (C=O) groups is 1. The van der Waals surface area contributed by atoms with E-state index >= 15 is 0 Å². The van der Waals surface area contributed by atoms with Gasteiger partial charge in [-0.15, -0.1) is 0 Å². The van der Waals surface area contributed by atoms with Crippen LogP contribution in [0.3, 0.4) is 0 Å². The highest BCUT2D eigenvalue weighted by Gasteiger charge is 2.26. The van der Waals surface area contributed by atoms with Gasteiger partial charge < -0.3 is 25.0 Å². The number of aromatic hydroxyl groups is 1. The van der Waals surface area contributed by atoms with Gasteiger partial charge in [0.2, 0.25) is 0 Å². The zero-order chi connectivity index (χ0) is 21.6. The number of halogens is 1. The van der Waals surface area contributed by atoms with E-state index in [2.05, 4.69) is 15.1 Å². The number of anilines is 1. The molecule has 1 atom stereocenters. The molecule has 2 fully saturated rings. The van der Waals surface area contributed by atoms with Crippen molar-refractivity contribution in [3.05, 3.63) is 59.9 Å². The smallest absolute Gasteiger partial charge is 0.317 e. The number of benzene rings is 2. The Bertz CT molecular complexity index is 865. The van der Waals surface area contributed by atoms with Crippen molar-refractivity contribution in [1.82, 2.24) is 15.1 Å². The highest BCUT2D eigenvalue weighted by molar-refractivity contribution is 5.74. The number of nitrogens with zero attached hydrogens (tertiary/aromatic N) is 3. The molecule has 2 aromatic rings. The molecule has 0 aromatic heterocycles. The number of hydrogen-bond acceptors (Lipinski definition) is 5. The largest absolute Gasteiger partial charge is 0.508 e. The number of phenols is 1. The van der Waals surface area contributed by atoms with Crippen LogP contribution >= 0.6 is 0 Å². The van der Waals surface area contributed by atoms with E-state index in [-0.39, 0.29) is 23.6 Å². The third kappa shape index (κ3) is 5.45. The minimum Gasteiger partial charge on any atom is -0.508 e. The Kier molecular flexibility index (Phi) is 6.89. The predicted octanol–water partition coefficient (Wildman–Crippen LogP) is 2.44. The molecule has 8 heteroatoms. The maximum absolute atomic E-state index is 13.4. The lowest BCUT2D eigenvalue weighted by Crippen LogP contribution is -2.53. The minimum atomic E-state index is -0.266. The van der Waals surface area contributed by atoms with Gasteiger partial charge in [-0.1, -0.05) is 18.2 Å². The lowest BCUT2D eigenvalue weighted by molar-refractivity contribution is 0.0164. The Morgan fingerprint density at radius 1 is 1.03 bits per heavy atom. The summed E-state index contributed by atoms with van der Waals surface area (Å²) in [4.78, 5) is 19.1. The fourth-order valence-electron chi connectivity index (χ4n) is 4.19. The topological polar surface area (TPSA) is 68.3 Å². The second-order valence-electron chi connectivity index (χ2n) is 7.90. The number of carbonyl (C=O) groups excluding carboxylic acids is 1. The molecule has 2 amide bonds. The Hall–Kier alpha value is -2.84. The van der Waals surface area contributed by atoms with E-state index in [0.29, 0.717) is 45.9 Å².